The number of aromatic nitrogens is 1. The van der Waals surface area contributed by atoms with Crippen molar-refractivity contribution >= 4 is 32.6 Å². The third-order valence-electron chi connectivity index (χ3n) is 3.63. The Kier molecular flexibility index (Phi) is 4.02. The fraction of sp³-hybridized carbons (Fsp3) is 0.118. The fourth-order valence-electron chi connectivity index (χ4n) is 2.56. The summed E-state index contributed by atoms with van der Waals surface area (Å²) in [4.78, 5) is 14.2. The molecule has 0 atom stereocenters. The summed E-state index contributed by atoms with van der Waals surface area (Å²) < 4.78 is 27.3. The minimum Gasteiger partial charge on any atom is -0.477 e. The first-order valence-corrected chi connectivity index (χ1v) is 8.91. The summed E-state index contributed by atoms with van der Waals surface area (Å²) in [5.41, 5.74) is 1.99. The Bertz CT molecular complexity index is 1010. The van der Waals surface area contributed by atoms with Gasteiger partial charge in [-0.1, -0.05) is 42.0 Å². The summed E-state index contributed by atoms with van der Waals surface area (Å²) in [5.74, 6) is -1.45. The van der Waals surface area contributed by atoms with Gasteiger partial charge in [0.25, 0.3) is 0 Å². The first kappa shape index (κ1) is 16.1. The van der Waals surface area contributed by atoms with Crippen molar-refractivity contribution in [3.05, 3.63) is 65.4 Å². The molecule has 0 radical (unpaired) electrons. The molecule has 0 saturated heterocycles. The number of sulfonamides is 1. The number of aryl methyl sites for hydroxylation is 1. The molecule has 0 fully saturated rings. The smallest absolute Gasteiger partial charge is 0.354 e. The average Bonchev–Trinajstić information content (AvgIpc) is 2.85. The summed E-state index contributed by atoms with van der Waals surface area (Å²) in [6.45, 7) is 1.86. The number of aromatic carboxylic acids is 1. The van der Waals surface area contributed by atoms with Gasteiger partial charge in [0.1, 0.15) is 5.69 Å². The maximum absolute atomic E-state index is 12.5. The van der Waals surface area contributed by atoms with Crippen LogP contribution in [0.1, 0.15) is 21.6 Å². The second-order valence-corrected chi connectivity index (χ2v) is 7.30. The summed E-state index contributed by atoms with van der Waals surface area (Å²) in [7, 11) is -3.75. The van der Waals surface area contributed by atoms with Crippen LogP contribution in [-0.2, 0) is 15.8 Å². The van der Waals surface area contributed by atoms with E-state index in [2.05, 4.69) is 9.71 Å². The quantitative estimate of drug-likeness (QED) is 0.662. The lowest BCUT2D eigenvalue weighted by atomic mass is 10.1. The molecule has 0 bridgehead atoms. The fourth-order valence-corrected chi connectivity index (χ4v) is 3.78. The molecular weight excluding hydrogens is 328 g/mol. The normalized spacial score (nSPS) is 11.5. The molecule has 0 amide bonds. The third kappa shape index (κ3) is 3.26. The van der Waals surface area contributed by atoms with Crippen molar-refractivity contribution in [2.45, 2.75) is 12.7 Å². The minimum absolute atomic E-state index is 0.0668. The molecule has 0 aliphatic carbocycles. The number of fused-ring (bicyclic) bond motifs is 1. The maximum Gasteiger partial charge on any atom is 0.354 e. The van der Waals surface area contributed by atoms with E-state index in [4.69, 9.17) is 0 Å². The molecule has 0 unspecified atom stereocenters. The number of carboxylic acids is 1. The van der Waals surface area contributed by atoms with E-state index in [0.29, 0.717) is 16.5 Å². The molecule has 0 saturated carbocycles. The largest absolute Gasteiger partial charge is 0.477 e. The van der Waals surface area contributed by atoms with Crippen molar-refractivity contribution in [3.63, 3.8) is 0 Å². The zero-order valence-electron chi connectivity index (χ0n) is 12.9. The number of carbonyl (C=O) groups is 1. The number of carboxylic acid groups (broad SMARTS) is 1. The lowest BCUT2D eigenvalue weighted by Crippen LogP contribution is -2.16. The Labute approximate surface area is 139 Å². The number of benzene rings is 2. The molecule has 0 aliphatic rings. The van der Waals surface area contributed by atoms with Crippen LogP contribution in [-0.4, -0.2) is 24.5 Å². The van der Waals surface area contributed by atoms with Crippen LogP contribution in [0.25, 0.3) is 10.9 Å². The van der Waals surface area contributed by atoms with Crippen molar-refractivity contribution in [3.8, 4) is 0 Å². The van der Waals surface area contributed by atoms with Gasteiger partial charge in [0.05, 0.1) is 11.4 Å². The molecule has 24 heavy (non-hydrogen) atoms. The van der Waals surface area contributed by atoms with Crippen LogP contribution in [0.5, 0.6) is 0 Å². The van der Waals surface area contributed by atoms with E-state index in [-0.39, 0.29) is 17.1 Å². The molecule has 6 nitrogen and oxygen atoms in total. The zero-order chi connectivity index (χ0) is 17.3. The van der Waals surface area contributed by atoms with Crippen molar-refractivity contribution in [2.75, 3.05) is 4.72 Å². The van der Waals surface area contributed by atoms with Gasteiger partial charge in [-0.15, -0.1) is 0 Å². The molecule has 0 aliphatic heterocycles. The van der Waals surface area contributed by atoms with Crippen molar-refractivity contribution in [1.82, 2.24) is 4.98 Å². The number of nitrogens with one attached hydrogen (secondary N) is 2. The van der Waals surface area contributed by atoms with Gasteiger partial charge in [-0.3, -0.25) is 4.72 Å². The lowest BCUT2D eigenvalue weighted by Gasteiger charge is -2.08. The van der Waals surface area contributed by atoms with Gasteiger partial charge in [0, 0.05) is 10.9 Å². The van der Waals surface area contributed by atoms with Gasteiger partial charge in [-0.2, -0.15) is 0 Å². The van der Waals surface area contributed by atoms with Gasteiger partial charge in [0.15, 0.2) is 0 Å². The summed E-state index contributed by atoms with van der Waals surface area (Å²) >= 11 is 0. The number of anilines is 1. The lowest BCUT2D eigenvalue weighted by molar-refractivity contribution is 0.0692. The number of rotatable bonds is 5. The van der Waals surface area contributed by atoms with Crippen LogP contribution < -0.4 is 4.72 Å². The summed E-state index contributed by atoms with van der Waals surface area (Å²) in [5, 5.41) is 9.89. The highest BCUT2D eigenvalue weighted by molar-refractivity contribution is 7.92. The Morgan fingerprint density at radius 1 is 1.17 bits per heavy atom. The maximum atomic E-state index is 12.5. The Morgan fingerprint density at radius 3 is 2.54 bits per heavy atom. The topological polar surface area (TPSA) is 99.3 Å². The highest BCUT2D eigenvalue weighted by Crippen LogP contribution is 2.30. The van der Waals surface area contributed by atoms with Crippen LogP contribution in [0.15, 0.2) is 48.5 Å². The zero-order valence-corrected chi connectivity index (χ0v) is 13.7. The number of hydrogen-bond donors (Lipinski definition) is 3. The third-order valence-corrected chi connectivity index (χ3v) is 4.85. The van der Waals surface area contributed by atoms with Crippen molar-refractivity contribution in [2.24, 2.45) is 0 Å². The van der Waals surface area contributed by atoms with Gasteiger partial charge in [0.2, 0.25) is 10.0 Å². The molecule has 2 aromatic carbocycles. The summed E-state index contributed by atoms with van der Waals surface area (Å²) in [6.07, 6.45) is 0. The van der Waals surface area contributed by atoms with Crippen LogP contribution in [0, 0.1) is 6.92 Å². The van der Waals surface area contributed by atoms with E-state index >= 15 is 0 Å². The van der Waals surface area contributed by atoms with E-state index in [1.807, 2.05) is 13.0 Å². The van der Waals surface area contributed by atoms with Gasteiger partial charge in [-0.05, 0) is 24.6 Å². The molecule has 3 rings (SSSR count). The second-order valence-electron chi connectivity index (χ2n) is 5.58. The number of aromatic amines is 1. The first-order chi connectivity index (χ1) is 11.4. The van der Waals surface area contributed by atoms with E-state index < -0.39 is 16.0 Å². The van der Waals surface area contributed by atoms with Crippen LogP contribution in [0.4, 0.5) is 5.69 Å². The van der Waals surface area contributed by atoms with Gasteiger partial charge in [-0.25, -0.2) is 13.2 Å². The van der Waals surface area contributed by atoms with E-state index in [0.717, 1.165) is 5.56 Å². The Hall–Kier alpha value is -2.80. The predicted octanol–water partition coefficient (Wildman–Crippen LogP) is 3.12. The molecule has 1 heterocycles. The van der Waals surface area contributed by atoms with Crippen molar-refractivity contribution in [1.29, 1.82) is 0 Å². The molecular formula is C17H16N2O4S. The molecule has 3 N–H and O–H groups in total. The number of H-pyrrole nitrogens is 1. The van der Waals surface area contributed by atoms with E-state index in [9.17, 15) is 18.3 Å². The molecule has 1 aromatic heterocycles. The monoisotopic (exact) mass is 344 g/mol. The molecule has 0 spiro atoms. The van der Waals surface area contributed by atoms with Gasteiger partial charge < -0.3 is 10.1 Å². The Balaban J connectivity index is 2.03. The van der Waals surface area contributed by atoms with E-state index in [1.165, 1.54) is 0 Å². The first-order valence-electron chi connectivity index (χ1n) is 7.26. The van der Waals surface area contributed by atoms with Crippen LogP contribution in [0.3, 0.4) is 0 Å². The van der Waals surface area contributed by atoms with Crippen LogP contribution >= 0.6 is 0 Å². The average molecular weight is 344 g/mol. The van der Waals surface area contributed by atoms with Gasteiger partial charge >= 0.3 is 5.97 Å². The van der Waals surface area contributed by atoms with Crippen molar-refractivity contribution < 1.29 is 18.3 Å². The highest BCUT2D eigenvalue weighted by atomic mass is 32.2. The molecule has 3 aromatic rings. The predicted molar refractivity (Wildman–Crippen MR) is 92.7 cm³/mol. The SMILES string of the molecule is Cc1ccc2[nH]c(C(=O)O)c(NS(=O)(=O)Cc3ccccc3)c2c1. The second kappa shape index (κ2) is 6.01. The number of hydrogen-bond acceptors (Lipinski definition) is 3. The highest BCUT2D eigenvalue weighted by Gasteiger charge is 2.22. The molecule has 124 valence electrons. The standard InChI is InChI=1S/C17H16N2O4S/c1-11-7-8-14-13(9-11)15(16(18-14)17(20)21)19-24(22,23)10-12-5-3-2-4-6-12/h2-9,18-19H,10H2,1H3,(H,20,21). The van der Waals surface area contributed by atoms with E-state index in [1.54, 1.807) is 42.5 Å². The van der Waals surface area contributed by atoms with Crippen LogP contribution in [0.2, 0.25) is 0 Å². The Morgan fingerprint density at radius 2 is 1.88 bits per heavy atom. The molecule has 7 heteroatoms. The minimum atomic E-state index is -3.75. The summed E-state index contributed by atoms with van der Waals surface area (Å²) in [6, 6.07) is 14.0.